The number of nitrogens with zero attached hydrogens (tertiary/aromatic N) is 1. The molecule has 1 aromatic carbocycles. The van der Waals surface area contributed by atoms with Gasteiger partial charge >= 0.3 is 5.69 Å². The zero-order valence-corrected chi connectivity index (χ0v) is 10.8. The molecule has 1 rings (SSSR count). The summed E-state index contributed by atoms with van der Waals surface area (Å²) in [6, 6.07) is 4.14. The largest absolute Gasteiger partial charge is 0.490 e. The Morgan fingerprint density at radius 3 is 2.79 bits per heavy atom. The molecule has 0 aliphatic rings. The summed E-state index contributed by atoms with van der Waals surface area (Å²) in [4.78, 5) is 22.1. The first-order chi connectivity index (χ1) is 9.01. The van der Waals surface area contributed by atoms with E-state index in [9.17, 15) is 14.9 Å². The molecule has 0 spiro atoms. The molecule has 1 atom stereocenters. The number of nitro benzene ring substituents is 1. The van der Waals surface area contributed by atoms with Crippen molar-refractivity contribution in [3.05, 3.63) is 33.9 Å². The van der Waals surface area contributed by atoms with Gasteiger partial charge in [0.1, 0.15) is 0 Å². The van der Waals surface area contributed by atoms with Crippen molar-refractivity contribution in [1.29, 1.82) is 0 Å². The molecule has 0 aromatic heterocycles. The Kier molecular flexibility index (Phi) is 5.25. The normalized spacial score (nSPS) is 11.7. The van der Waals surface area contributed by atoms with E-state index in [1.54, 1.807) is 6.92 Å². The van der Waals surface area contributed by atoms with Crippen molar-refractivity contribution in [3.8, 4) is 5.75 Å². The number of para-hydroxylation sites is 1. The van der Waals surface area contributed by atoms with Gasteiger partial charge in [0.05, 0.1) is 17.6 Å². The lowest BCUT2D eigenvalue weighted by Gasteiger charge is -2.11. The third-order valence-corrected chi connectivity index (χ3v) is 2.56. The third kappa shape index (κ3) is 3.65. The molecular formula is C12H16N2O5. The molecular weight excluding hydrogens is 252 g/mol. The maximum Gasteiger partial charge on any atom is 0.311 e. The van der Waals surface area contributed by atoms with Crippen LogP contribution < -0.4 is 10.1 Å². The summed E-state index contributed by atoms with van der Waals surface area (Å²) in [7, 11) is 1.27. The van der Waals surface area contributed by atoms with Crippen LogP contribution in [-0.4, -0.2) is 36.2 Å². The maximum absolute atomic E-state index is 11.9. The lowest BCUT2D eigenvalue weighted by molar-refractivity contribution is -0.385. The molecule has 0 saturated carbocycles. The van der Waals surface area contributed by atoms with Gasteiger partial charge in [-0.25, -0.2) is 0 Å². The molecule has 1 unspecified atom stereocenters. The highest BCUT2D eigenvalue weighted by Gasteiger charge is 2.22. The van der Waals surface area contributed by atoms with Gasteiger partial charge in [-0.05, 0) is 12.0 Å². The van der Waals surface area contributed by atoms with Crippen molar-refractivity contribution in [2.75, 3.05) is 20.3 Å². The monoisotopic (exact) mass is 268 g/mol. The zero-order chi connectivity index (χ0) is 14.4. The summed E-state index contributed by atoms with van der Waals surface area (Å²) in [5.74, 6) is -0.629. The molecule has 7 nitrogen and oxygen atoms in total. The van der Waals surface area contributed by atoms with Crippen LogP contribution in [-0.2, 0) is 0 Å². The Morgan fingerprint density at radius 1 is 1.58 bits per heavy atom. The standard InChI is InChI=1S/C12H16N2O5/c1-8(7-15)6-13-12(16)9-4-3-5-10(14(17)18)11(9)19-2/h3-5,8,15H,6-7H2,1-2H3,(H,13,16). The second-order valence-electron chi connectivity index (χ2n) is 4.11. The second kappa shape index (κ2) is 6.69. The van der Waals surface area contributed by atoms with Crippen LogP contribution in [0.4, 0.5) is 5.69 Å². The minimum atomic E-state index is -0.605. The number of ether oxygens (including phenoxy) is 1. The van der Waals surface area contributed by atoms with E-state index >= 15 is 0 Å². The van der Waals surface area contributed by atoms with Crippen molar-refractivity contribution < 1.29 is 19.6 Å². The Bertz CT molecular complexity index is 475. The first-order valence-electron chi connectivity index (χ1n) is 5.71. The number of benzene rings is 1. The molecule has 0 aliphatic carbocycles. The Morgan fingerprint density at radius 2 is 2.26 bits per heavy atom. The number of methoxy groups -OCH3 is 1. The molecule has 1 amide bonds. The summed E-state index contributed by atoms with van der Waals surface area (Å²) in [6.45, 7) is 2.00. The number of aliphatic hydroxyl groups is 1. The predicted octanol–water partition coefficient (Wildman–Crippen LogP) is 0.962. The van der Waals surface area contributed by atoms with Crippen LogP contribution in [0.2, 0.25) is 0 Å². The summed E-state index contributed by atoms with van der Waals surface area (Å²) >= 11 is 0. The average molecular weight is 268 g/mol. The van der Waals surface area contributed by atoms with E-state index in [1.807, 2.05) is 0 Å². The first-order valence-corrected chi connectivity index (χ1v) is 5.71. The van der Waals surface area contributed by atoms with Gasteiger partial charge in [0.15, 0.2) is 0 Å². The fourth-order valence-corrected chi connectivity index (χ4v) is 1.49. The van der Waals surface area contributed by atoms with Crippen molar-refractivity contribution in [2.24, 2.45) is 5.92 Å². The quantitative estimate of drug-likeness (QED) is 0.591. The van der Waals surface area contributed by atoms with Gasteiger partial charge in [-0.3, -0.25) is 14.9 Å². The maximum atomic E-state index is 11.9. The number of amides is 1. The molecule has 7 heteroatoms. The van der Waals surface area contributed by atoms with Crippen LogP contribution in [0.15, 0.2) is 18.2 Å². The minimum Gasteiger partial charge on any atom is -0.490 e. The predicted molar refractivity (Wildman–Crippen MR) is 68.2 cm³/mol. The van der Waals surface area contributed by atoms with Crippen molar-refractivity contribution in [1.82, 2.24) is 5.32 Å². The highest BCUT2D eigenvalue weighted by atomic mass is 16.6. The topological polar surface area (TPSA) is 102 Å². The SMILES string of the molecule is COc1c(C(=O)NCC(C)CO)cccc1[N+](=O)[O-]. The van der Waals surface area contributed by atoms with E-state index in [2.05, 4.69) is 5.32 Å². The molecule has 0 aliphatic heterocycles. The number of nitrogens with one attached hydrogen (secondary N) is 1. The molecule has 2 N–H and O–H groups in total. The highest BCUT2D eigenvalue weighted by molar-refractivity contribution is 5.98. The Hall–Kier alpha value is -2.15. The Balaban J connectivity index is 2.96. The van der Waals surface area contributed by atoms with E-state index in [4.69, 9.17) is 9.84 Å². The van der Waals surface area contributed by atoms with Crippen molar-refractivity contribution >= 4 is 11.6 Å². The van der Waals surface area contributed by atoms with E-state index in [1.165, 1.54) is 25.3 Å². The lowest BCUT2D eigenvalue weighted by Crippen LogP contribution is -2.29. The number of carbonyl (C=O) groups is 1. The number of nitro groups is 1. The third-order valence-electron chi connectivity index (χ3n) is 2.56. The molecule has 0 fully saturated rings. The van der Waals surface area contributed by atoms with Gasteiger partial charge in [-0.1, -0.05) is 13.0 Å². The number of aliphatic hydroxyl groups excluding tert-OH is 1. The van der Waals surface area contributed by atoms with Crippen LogP contribution in [0.3, 0.4) is 0 Å². The molecule has 0 saturated heterocycles. The van der Waals surface area contributed by atoms with Gasteiger partial charge in [-0.15, -0.1) is 0 Å². The molecule has 0 radical (unpaired) electrons. The molecule has 0 heterocycles. The number of hydrogen-bond donors (Lipinski definition) is 2. The summed E-state index contributed by atoms with van der Waals surface area (Å²) in [5, 5.41) is 22.3. The van der Waals surface area contributed by atoms with E-state index in [0.29, 0.717) is 0 Å². The van der Waals surface area contributed by atoms with Crippen LogP contribution in [0.25, 0.3) is 0 Å². The fraction of sp³-hybridized carbons (Fsp3) is 0.417. The van der Waals surface area contributed by atoms with Crippen molar-refractivity contribution in [3.63, 3.8) is 0 Å². The zero-order valence-electron chi connectivity index (χ0n) is 10.8. The number of carbonyl (C=O) groups excluding carboxylic acids is 1. The van der Waals surface area contributed by atoms with Gasteiger partial charge in [0, 0.05) is 19.2 Å². The van der Waals surface area contributed by atoms with E-state index in [0.717, 1.165) is 0 Å². The van der Waals surface area contributed by atoms with Crippen molar-refractivity contribution in [2.45, 2.75) is 6.92 Å². The first kappa shape index (κ1) is 14.9. The number of rotatable bonds is 6. The van der Waals surface area contributed by atoms with Crippen LogP contribution >= 0.6 is 0 Å². The minimum absolute atomic E-state index is 0.0493. The van der Waals surface area contributed by atoms with Crippen LogP contribution in [0.5, 0.6) is 5.75 Å². The average Bonchev–Trinajstić information content (AvgIpc) is 2.43. The van der Waals surface area contributed by atoms with Gasteiger partial charge in [0.2, 0.25) is 5.75 Å². The van der Waals surface area contributed by atoms with Gasteiger partial charge in [-0.2, -0.15) is 0 Å². The molecule has 0 bridgehead atoms. The highest BCUT2D eigenvalue weighted by Crippen LogP contribution is 2.30. The van der Waals surface area contributed by atoms with E-state index in [-0.39, 0.29) is 36.1 Å². The lowest BCUT2D eigenvalue weighted by atomic mass is 10.1. The van der Waals surface area contributed by atoms with Crippen LogP contribution in [0, 0.1) is 16.0 Å². The Labute approximate surface area is 110 Å². The van der Waals surface area contributed by atoms with E-state index < -0.39 is 10.8 Å². The smallest absolute Gasteiger partial charge is 0.311 e. The number of hydrogen-bond acceptors (Lipinski definition) is 5. The molecule has 1 aromatic rings. The fourth-order valence-electron chi connectivity index (χ4n) is 1.49. The van der Waals surface area contributed by atoms with Gasteiger partial charge in [0.25, 0.3) is 5.91 Å². The summed E-state index contributed by atoms with van der Waals surface area (Å²) in [5.41, 5.74) is -0.160. The summed E-state index contributed by atoms with van der Waals surface area (Å²) < 4.78 is 4.94. The van der Waals surface area contributed by atoms with Crippen LogP contribution in [0.1, 0.15) is 17.3 Å². The molecule has 19 heavy (non-hydrogen) atoms. The van der Waals surface area contributed by atoms with Gasteiger partial charge < -0.3 is 15.2 Å². The second-order valence-corrected chi connectivity index (χ2v) is 4.11. The summed E-state index contributed by atoms with van der Waals surface area (Å²) in [6.07, 6.45) is 0. The molecule has 104 valence electrons.